The molecule has 17 heavy (non-hydrogen) atoms. The van der Waals surface area contributed by atoms with Crippen molar-refractivity contribution in [2.45, 2.75) is 19.3 Å². The van der Waals surface area contributed by atoms with E-state index in [4.69, 9.17) is 11.0 Å². The van der Waals surface area contributed by atoms with Crippen LogP contribution in [0.25, 0.3) is 0 Å². The topological polar surface area (TPSA) is 71.9 Å². The summed E-state index contributed by atoms with van der Waals surface area (Å²) in [4.78, 5) is 3.75. The van der Waals surface area contributed by atoms with Crippen LogP contribution in [0.2, 0.25) is 0 Å². The highest BCUT2D eigenvalue weighted by Crippen LogP contribution is 2.29. The molecule has 1 aromatic heterocycles. The molecule has 0 unspecified atom stereocenters. The van der Waals surface area contributed by atoms with Crippen LogP contribution < -0.4 is 10.5 Å². The van der Waals surface area contributed by atoms with Crippen molar-refractivity contribution >= 4 is 22.6 Å². The molecule has 92 valence electrons. The number of rotatable bonds is 3. The Balaban J connectivity index is 3.26. The standard InChI is InChI=1S/C9H7F3IN3O/c10-9(11,12)17-7-4-16-8(13)6(3-15)5(7)1-2-14/h4H,1,3,15H2. The number of nitrogens with zero attached hydrogens (tertiary/aromatic N) is 2. The summed E-state index contributed by atoms with van der Waals surface area (Å²) < 4.78 is 40.7. The highest BCUT2D eigenvalue weighted by molar-refractivity contribution is 14.1. The van der Waals surface area contributed by atoms with Crippen LogP contribution in [0.15, 0.2) is 6.20 Å². The Morgan fingerprint density at radius 2 is 2.12 bits per heavy atom. The van der Waals surface area contributed by atoms with Crippen molar-refractivity contribution in [1.29, 1.82) is 5.26 Å². The lowest BCUT2D eigenvalue weighted by atomic mass is 10.1. The monoisotopic (exact) mass is 357 g/mol. The highest BCUT2D eigenvalue weighted by atomic mass is 127. The van der Waals surface area contributed by atoms with Crippen molar-refractivity contribution in [1.82, 2.24) is 4.98 Å². The molecule has 0 aliphatic carbocycles. The average molecular weight is 357 g/mol. The predicted octanol–water partition coefficient (Wildman–Crippen LogP) is 2.11. The van der Waals surface area contributed by atoms with Gasteiger partial charge in [0.15, 0.2) is 5.75 Å². The first-order valence-corrected chi connectivity index (χ1v) is 5.46. The summed E-state index contributed by atoms with van der Waals surface area (Å²) in [7, 11) is 0. The molecule has 1 aromatic rings. The maximum atomic E-state index is 12.1. The summed E-state index contributed by atoms with van der Waals surface area (Å²) in [6.45, 7) is -0.00264. The van der Waals surface area contributed by atoms with E-state index in [-0.39, 0.29) is 18.5 Å². The Bertz CT molecular complexity index is 456. The van der Waals surface area contributed by atoms with Crippen LogP contribution in [-0.4, -0.2) is 11.3 Å². The van der Waals surface area contributed by atoms with E-state index in [1.54, 1.807) is 6.07 Å². The number of halogens is 4. The third-order valence-electron chi connectivity index (χ3n) is 1.89. The van der Waals surface area contributed by atoms with Crippen LogP contribution in [0.3, 0.4) is 0 Å². The van der Waals surface area contributed by atoms with E-state index in [1.807, 2.05) is 22.6 Å². The second-order valence-corrected chi connectivity index (χ2v) is 3.98. The van der Waals surface area contributed by atoms with Crippen LogP contribution in [0.1, 0.15) is 11.1 Å². The van der Waals surface area contributed by atoms with Gasteiger partial charge in [-0.1, -0.05) is 0 Å². The third kappa shape index (κ3) is 3.71. The minimum atomic E-state index is -4.81. The smallest absolute Gasteiger partial charge is 0.404 e. The van der Waals surface area contributed by atoms with E-state index < -0.39 is 12.1 Å². The van der Waals surface area contributed by atoms with E-state index >= 15 is 0 Å². The summed E-state index contributed by atoms with van der Waals surface area (Å²) in [5.74, 6) is -0.472. The van der Waals surface area contributed by atoms with Gasteiger partial charge >= 0.3 is 6.36 Å². The van der Waals surface area contributed by atoms with Crippen LogP contribution in [-0.2, 0) is 13.0 Å². The first-order chi connectivity index (χ1) is 7.89. The second-order valence-electron chi connectivity index (χ2n) is 2.96. The number of alkyl halides is 3. The van der Waals surface area contributed by atoms with Gasteiger partial charge in [0, 0.05) is 17.7 Å². The molecule has 0 saturated carbocycles. The Hall–Kier alpha value is -1.08. The number of aromatic nitrogens is 1. The lowest BCUT2D eigenvalue weighted by molar-refractivity contribution is -0.275. The lowest BCUT2D eigenvalue weighted by Gasteiger charge is -2.14. The molecule has 4 nitrogen and oxygen atoms in total. The molecule has 0 spiro atoms. The van der Waals surface area contributed by atoms with Crippen molar-refractivity contribution in [3.05, 3.63) is 21.0 Å². The van der Waals surface area contributed by atoms with Gasteiger partial charge < -0.3 is 10.5 Å². The number of hydrogen-bond donors (Lipinski definition) is 1. The fourth-order valence-corrected chi connectivity index (χ4v) is 1.92. The molecule has 0 radical (unpaired) electrons. The highest BCUT2D eigenvalue weighted by Gasteiger charge is 2.33. The Morgan fingerprint density at radius 1 is 1.47 bits per heavy atom. The molecule has 0 aliphatic heterocycles. The van der Waals surface area contributed by atoms with E-state index in [1.165, 1.54) is 0 Å². The summed E-state index contributed by atoms with van der Waals surface area (Å²) in [5.41, 5.74) is 5.95. The molecule has 0 bridgehead atoms. The van der Waals surface area contributed by atoms with Crippen molar-refractivity contribution < 1.29 is 17.9 Å². The molecule has 0 aromatic carbocycles. The largest absolute Gasteiger partial charge is 0.573 e. The number of ether oxygens (including phenoxy) is 1. The van der Waals surface area contributed by atoms with E-state index in [0.717, 1.165) is 6.20 Å². The summed E-state index contributed by atoms with van der Waals surface area (Å²) >= 11 is 1.84. The molecular weight excluding hydrogens is 350 g/mol. The molecule has 1 heterocycles. The molecule has 8 heteroatoms. The lowest BCUT2D eigenvalue weighted by Crippen LogP contribution is -2.19. The van der Waals surface area contributed by atoms with Crippen molar-refractivity contribution in [2.75, 3.05) is 0 Å². The first-order valence-electron chi connectivity index (χ1n) is 4.38. The van der Waals surface area contributed by atoms with Gasteiger partial charge in [0.05, 0.1) is 18.7 Å². The van der Waals surface area contributed by atoms with Crippen LogP contribution >= 0.6 is 22.6 Å². The Labute approximate surface area is 109 Å². The molecular formula is C9H7F3IN3O. The van der Waals surface area contributed by atoms with Crippen molar-refractivity contribution in [3.63, 3.8) is 0 Å². The van der Waals surface area contributed by atoms with Gasteiger partial charge in [-0.05, 0) is 22.6 Å². The summed E-state index contributed by atoms with van der Waals surface area (Å²) in [6, 6.07) is 1.78. The third-order valence-corrected chi connectivity index (χ3v) is 2.82. The molecule has 0 atom stereocenters. The van der Waals surface area contributed by atoms with Gasteiger partial charge in [0.25, 0.3) is 0 Å². The summed E-state index contributed by atoms with van der Waals surface area (Å²) in [5, 5.41) is 8.60. The second kappa shape index (κ2) is 5.50. The minimum absolute atomic E-state index is 0.00264. The number of nitrogens with two attached hydrogens (primary N) is 1. The van der Waals surface area contributed by atoms with Gasteiger partial charge in [-0.2, -0.15) is 5.26 Å². The van der Waals surface area contributed by atoms with E-state index in [2.05, 4.69) is 9.72 Å². The van der Waals surface area contributed by atoms with Crippen molar-refractivity contribution in [3.8, 4) is 11.8 Å². The molecule has 0 amide bonds. The zero-order chi connectivity index (χ0) is 13.1. The molecule has 0 aliphatic rings. The van der Waals surface area contributed by atoms with Gasteiger partial charge in [-0.25, -0.2) is 4.98 Å². The quantitative estimate of drug-likeness (QED) is 0.665. The fraction of sp³-hybridized carbons (Fsp3) is 0.333. The van der Waals surface area contributed by atoms with Gasteiger partial charge in [-0.3, -0.25) is 0 Å². The van der Waals surface area contributed by atoms with E-state index in [9.17, 15) is 13.2 Å². The zero-order valence-corrected chi connectivity index (χ0v) is 10.5. The van der Waals surface area contributed by atoms with E-state index in [0.29, 0.717) is 9.26 Å². The molecule has 0 fully saturated rings. The van der Waals surface area contributed by atoms with Gasteiger partial charge in [0.1, 0.15) is 3.70 Å². The number of pyridine rings is 1. The maximum absolute atomic E-state index is 12.1. The van der Waals surface area contributed by atoms with Crippen LogP contribution in [0.4, 0.5) is 13.2 Å². The SMILES string of the molecule is N#CCc1c(OC(F)(F)F)cnc(I)c1CN. The van der Waals surface area contributed by atoms with Crippen LogP contribution in [0.5, 0.6) is 5.75 Å². The Morgan fingerprint density at radius 3 is 2.59 bits per heavy atom. The normalized spacial score (nSPS) is 11.1. The number of nitriles is 1. The average Bonchev–Trinajstić information content (AvgIpc) is 2.21. The van der Waals surface area contributed by atoms with Crippen LogP contribution in [0, 0.1) is 15.0 Å². The zero-order valence-electron chi connectivity index (χ0n) is 8.38. The Kier molecular flexibility index (Phi) is 4.53. The molecule has 1 rings (SSSR count). The minimum Gasteiger partial charge on any atom is -0.404 e. The van der Waals surface area contributed by atoms with Crippen molar-refractivity contribution in [2.24, 2.45) is 5.73 Å². The van der Waals surface area contributed by atoms with Gasteiger partial charge in [0.2, 0.25) is 0 Å². The maximum Gasteiger partial charge on any atom is 0.573 e. The number of hydrogen-bond acceptors (Lipinski definition) is 4. The molecule has 2 N–H and O–H groups in total. The first kappa shape index (κ1) is 14.0. The predicted molar refractivity (Wildman–Crippen MR) is 60.8 cm³/mol. The summed E-state index contributed by atoms with van der Waals surface area (Å²) in [6.07, 6.45) is -4.08. The molecule has 0 saturated heterocycles. The van der Waals surface area contributed by atoms with Gasteiger partial charge in [-0.15, -0.1) is 13.2 Å². The fourth-order valence-electron chi connectivity index (χ4n) is 1.24.